The minimum Gasteiger partial charge on any atom is -0.486 e. The Morgan fingerprint density at radius 1 is 1.06 bits per heavy atom. The van der Waals surface area contributed by atoms with Crippen LogP contribution in [0.5, 0.6) is 5.75 Å². The van der Waals surface area contributed by atoms with Gasteiger partial charge in [-0.25, -0.2) is 14.4 Å². The van der Waals surface area contributed by atoms with Crippen LogP contribution in [0, 0.1) is 5.82 Å². The summed E-state index contributed by atoms with van der Waals surface area (Å²) < 4.78 is 20.2. The molecule has 0 bridgehead atoms. The average molecular weight is 450 g/mol. The highest BCUT2D eigenvalue weighted by molar-refractivity contribution is 7.21. The van der Waals surface area contributed by atoms with Gasteiger partial charge in [-0.05, 0) is 35.9 Å². The van der Waals surface area contributed by atoms with Gasteiger partial charge in [0.25, 0.3) is 5.56 Å². The number of thiazole rings is 1. The summed E-state index contributed by atoms with van der Waals surface area (Å²) >= 11 is 2.97. The van der Waals surface area contributed by atoms with Crippen molar-refractivity contribution in [2.24, 2.45) is 0 Å². The molecule has 31 heavy (non-hydrogen) atoms. The Kier molecular flexibility index (Phi) is 5.31. The molecule has 0 unspecified atom stereocenters. The van der Waals surface area contributed by atoms with Gasteiger partial charge in [-0.3, -0.25) is 9.36 Å². The molecule has 0 saturated heterocycles. The predicted octanol–water partition coefficient (Wildman–Crippen LogP) is 5.35. The lowest BCUT2D eigenvalue weighted by Crippen LogP contribution is -2.20. The van der Waals surface area contributed by atoms with Crippen LogP contribution in [0.2, 0.25) is 0 Å². The molecule has 0 saturated carbocycles. The Labute approximate surface area is 185 Å². The van der Waals surface area contributed by atoms with Crippen LogP contribution >= 0.6 is 22.7 Å². The van der Waals surface area contributed by atoms with Gasteiger partial charge in [-0.1, -0.05) is 30.3 Å². The van der Waals surface area contributed by atoms with Crippen molar-refractivity contribution in [3.63, 3.8) is 0 Å². The number of halogens is 1. The third-order valence-corrected chi connectivity index (χ3v) is 6.65. The summed E-state index contributed by atoms with van der Waals surface area (Å²) in [5, 5.41) is 3.30. The highest BCUT2D eigenvalue weighted by atomic mass is 32.1. The maximum atomic E-state index is 13.0. The van der Waals surface area contributed by atoms with Crippen LogP contribution in [0.1, 0.15) is 10.7 Å². The molecule has 0 aliphatic rings. The van der Waals surface area contributed by atoms with Gasteiger partial charge in [0.2, 0.25) is 0 Å². The van der Waals surface area contributed by atoms with Crippen molar-refractivity contribution in [2.75, 3.05) is 0 Å². The summed E-state index contributed by atoms with van der Waals surface area (Å²) in [7, 11) is 0. The van der Waals surface area contributed by atoms with Gasteiger partial charge in [-0.2, -0.15) is 0 Å². The summed E-state index contributed by atoms with van der Waals surface area (Å²) in [6.45, 7) is 0.624. The van der Waals surface area contributed by atoms with Crippen molar-refractivity contribution < 1.29 is 9.13 Å². The lowest BCUT2D eigenvalue weighted by atomic mass is 10.2. The summed E-state index contributed by atoms with van der Waals surface area (Å²) in [5.74, 6) is 0.275. The number of hydrogen-bond donors (Lipinski definition) is 0. The van der Waals surface area contributed by atoms with Crippen molar-refractivity contribution in [2.45, 2.75) is 13.2 Å². The standard InChI is InChI=1S/C23H16FN3O2S2/c24-16-6-8-18(9-7-16)29-12-21-26-17(13-30-21)11-27-14-25-22-19(23(27)28)10-20(31-22)15-4-2-1-3-5-15/h1-10,13-14H,11-12H2. The Morgan fingerprint density at radius 2 is 1.87 bits per heavy atom. The number of aromatic nitrogens is 3. The summed E-state index contributed by atoms with van der Waals surface area (Å²) in [4.78, 5) is 23.7. The van der Waals surface area contributed by atoms with Gasteiger partial charge in [0, 0.05) is 10.3 Å². The number of benzene rings is 2. The van der Waals surface area contributed by atoms with Crippen molar-refractivity contribution in [1.29, 1.82) is 0 Å². The van der Waals surface area contributed by atoms with Crippen molar-refractivity contribution in [3.8, 4) is 16.2 Å². The number of fused-ring (bicyclic) bond motifs is 1. The fraction of sp³-hybridized carbons (Fsp3) is 0.0870. The van der Waals surface area contributed by atoms with Crippen LogP contribution in [-0.2, 0) is 13.2 Å². The third-order valence-electron chi connectivity index (χ3n) is 4.68. The van der Waals surface area contributed by atoms with E-state index in [1.165, 1.54) is 34.8 Å². The monoisotopic (exact) mass is 449 g/mol. The molecule has 5 aromatic rings. The molecule has 0 radical (unpaired) electrons. The van der Waals surface area contributed by atoms with E-state index in [9.17, 15) is 9.18 Å². The number of nitrogens with zero attached hydrogens (tertiary/aromatic N) is 3. The van der Waals surface area contributed by atoms with Crippen molar-refractivity contribution in [1.82, 2.24) is 14.5 Å². The molecule has 0 amide bonds. The van der Waals surface area contributed by atoms with Gasteiger partial charge in [-0.15, -0.1) is 22.7 Å². The van der Waals surface area contributed by atoms with Gasteiger partial charge in [0.15, 0.2) is 0 Å². The average Bonchev–Trinajstić information content (AvgIpc) is 3.43. The highest BCUT2D eigenvalue weighted by Gasteiger charge is 2.12. The molecule has 0 spiro atoms. The fourth-order valence-electron chi connectivity index (χ4n) is 3.16. The molecule has 5 rings (SSSR count). The first-order chi connectivity index (χ1) is 15.2. The smallest absolute Gasteiger partial charge is 0.262 e. The zero-order valence-corrected chi connectivity index (χ0v) is 17.8. The minimum absolute atomic E-state index is 0.0828. The maximum Gasteiger partial charge on any atom is 0.262 e. The van der Waals surface area contributed by atoms with Crippen molar-refractivity contribution >= 4 is 32.9 Å². The molecular weight excluding hydrogens is 433 g/mol. The Balaban J connectivity index is 1.33. The van der Waals surface area contributed by atoms with E-state index in [-0.39, 0.29) is 18.0 Å². The molecule has 0 aliphatic heterocycles. The van der Waals surface area contributed by atoms with E-state index < -0.39 is 0 Å². The molecule has 5 nitrogen and oxygen atoms in total. The molecule has 0 N–H and O–H groups in total. The van der Waals surface area contributed by atoms with Gasteiger partial charge >= 0.3 is 0 Å². The van der Waals surface area contributed by atoms with Crippen molar-refractivity contribution in [3.05, 3.63) is 99.2 Å². The summed E-state index contributed by atoms with van der Waals surface area (Å²) in [6, 6.07) is 17.7. The zero-order valence-electron chi connectivity index (χ0n) is 16.2. The molecule has 0 atom stereocenters. The lowest BCUT2D eigenvalue weighted by Gasteiger charge is -2.04. The van der Waals surface area contributed by atoms with Crippen LogP contribution in [0.3, 0.4) is 0 Å². The lowest BCUT2D eigenvalue weighted by molar-refractivity contribution is 0.305. The molecule has 3 aromatic heterocycles. The number of rotatable bonds is 6. The van der Waals surface area contributed by atoms with E-state index in [2.05, 4.69) is 9.97 Å². The number of thiophene rings is 1. The largest absolute Gasteiger partial charge is 0.486 e. The number of ether oxygens (including phenoxy) is 1. The fourth-order valence-corrected chi connectivity index (χ4v) is 4.85. The quantitative estimate of drug-likeness (QED) is 0.351. The SMILES string of the molecule is O=c1c2cc(-c3ccccc3)sc2ncn1Cc1csc(COc2ccc(F)cc2)n1. The molecular formula is C23H16FN3O2S2. The zero-order chi connectivity index (χ0) is 21.2. The normalized spacial score (nSPS) is 11.1. The molecule has 0 fully saturated rings. The number of hydrogen-bond acceptors (Lipinski definition) is 6. The van der Waals surface area contributed by atoms with Crippen LogP contribution in [-0.4, -0.2) is 14.5 Å². The van der Waals surface area contributed by atoms with E-state index in [1.807, 2.05) is 41.8 Å². The summed E-state index contributed by atoms with van der Waals surface area (Å²) in [6.07, 6.45) is 1.57. The van der Waals surface area contributed by atoms with Gasteiger partial charge in [0.05, 0.1) is 24.0 Å². The minimum atomic E-state index is -0.304. The maximum absolute atomic E-state index is 13.0. The first-order valence-corrected chi connectivity index (χ1v) is 11.2. The second kappa shape index (κ2) is 8.41. The Hall–Kier alpha value is -3.36. The molecule has 0 aliphatic carbocycles. The summed E-state index contributed by atoms with van der Waals surface area (Å²) in [5.41, 5.74) is 1.76. The van der Waals surface area contributed by atoms with Crippen LogP contribution in [0.4, 0.5) is 4.39 Å². The molecule has 2 aromatic carbocycles. The van der Waals surface area contributed by atoms with E-state index in [0.29, 0.717) is 17.7 Å². The molecule has 8 heteroatoms. The van der Waals surface area contributed by atoms with Crippen LogP contribution in [0.25, 0.3) is 20.7 Å². The predicted molar refractivity (Wildman–Crippen MR) is 121 cm³/mol. The van der Waals surface area contributed by atoms with Gasteiger partial charge in [0.1, 0.15) is 28.0 Å². The van der Waals surface area contributed by atoms with E-state index in [1.54, 1.807) is 23.0 Å². The van der Waals surface area contributed by atoms with Crippen LogP contribution in [0.15, 0.2) is 77.2 Å². The van der Waals surface area contributed by atoms with E-state index in [0.717, 1.165) is 26.0 Å². The molecule has 154 valence electrons. The first-order valence-electron chi connectivity index (χ1n) is 9.52. The van der Waals surface area contributed by atoms with E-state index in [4.69, 9.17) is 4.74 Å². The topological polar surface area (TPSA) is 57.0 Å². The van der Waals surface area contributed by atoms with Crippen LogP contribution < -0.4 is 10.3 Å². The molecule has 3 heterocycles. The van der Waals surface area contributed by atoms with E-state index >= 15 is 0 Å². The third kappa shape index (κ3) is 4.26. The Morgan fingerprint density at radius 3 is 2.68 bits per heavy atom. The second-order valence-corrected chi connectivity index (χ2v) is 8.82. The highest BCUT2D eigenvalue weighted by Crippen LogP contribution is 2.30. The van der Waals surface area contributed by atoms with Gasteiger partial charge < -0.3 is 4.74 Å². The second-order valence-electron chi connectivity index (χ2n) is 6.85. The Bertz CT molecular complexity index is 1390. The first kappa shape index (κ1) is 19.6.